The molecule has 0 aliphatic heterocycles. The normalized spacial score (nSPS) is 12.7. The van der Waals surface area contributed by atoms with E-state index in [1.165, 1.54) is 77.6 Å². The number of hydrogen-bond donors (Lipinski definition) is 0. The van der Waals surface area contributed by atoms with E-state index in [1.807, 2.05) is 28.7 Å². The first-order valence-electron chi connectivity index (χ1n) is 22.8. The van der Waals surface area contributed by atoms with E-state index < -0.39 is 0 Å². The Bertz CT molecular complexity index is 3990. The molecule has 0 bridgehead atoms. The summed E-state index contributed by atoms with van der Waals surface area (Å²) in [5.41, 5.74) is 12.1. The van der Waals surface area contributed by atoms with Crippen LogP contribution in [0.4, 0.5) is 34.1 Å². The van der Waals surface area contributed by atoms with Crippen molar-refractivity contribution < 1.29 is 4.42 Å². The Morgan fingerprint density at radius 2 is 1.15 bits per heavy atom. The molecule has 67 heavy (non-hydrogen) atoms. The van der Waals surface area contributed by atoms with E-state index in [0.29, 0.717) is 0 Å². The van der Waals surface area contributed by atoms with Crippen molar-refractivity contribution in [3.8, 4) is 11.1 Å². The quantitative estimate of drug-likeness (QED) is 0.144. The highest BCUT2D eigenvalue weighted by Gasteiger charge is 2.25. The average Bonchev–Trinajstić information content (AvgIpc) is 4.15. The lowest BCUT2D eigenvalue weighted by molar-refractivity contribution is 0.546. The van der Waals surface area contributed by atoms with Crippen molar-refractivity contribution in [1.29, 1.82) is 0 Å². The van der Waals surface area contributed by atoms with Crippen LogP contribution in [0, 0.1) is 0 Å². The van der Waals surface area contributed by atoms with Crippen LogP contribution in [0.3, 0.4) is 0 Å². The number of anilines is 6. The lowest BCUT2D eigenvalue weighted by atomic mass is 10.0. The number of furan rings is 1. The Labute approximate surface area is 400 Å². The van der Waals surface area contributed by atoms with Gasteiger partial charge in [0.25, 0.3) is 0 Å². The number of fused-ring (bicyclic) bond motifs is 10. The second kappa shape index (κ2) is 16.1. The molecule has 13 rings (SSSR count). The zero-order valence-corrected chi connectivity index (χ0v) is 39.2. The molecular formula is C61H42N2OS3. The van der Waals surface area contributed by atoms with Gasteiger partial charge in [0.15, 0.2) is 5.58 Å². The smallest absolute Gasteiger partial charge is 0.158 e. The van der Waals surface area contributed by atoms with Crippen molar-refractivity contribution in [2.75, 3.05) is 9.80 Å². The third-order valence-electron chi connectivity index (χ3n) is 13.2. The van der Waals surface area contributed by atoms with Gasteiger partial charge >= 0.3 is 0 Å². The third kappa shape index (κ3) is 6.58. The molecule has 320 valence electrons. The number of benzene rings is 8. The summed E-state index contributed by atoms with van der Waals surface area (Å²) in [6.07, 6.45) is 12.7. The lowest BCUT2D eigenvalue weighted by Gasteiger charge is -2.29. The van der Waals surface area contributed by atoms with Crippen molar-refractivity contribution in [3.05, 3.63) is 210 Å². The van der Waals surface area contributed by atoms with E-state index in [0.717, 1.165) is 63.7 Å². The number of thiophene rings is 3. The van der Waals surface area contributed by atoms with Crippen LogP contribution in [0.2, 0.25) is 0 Å². The Morgan fingerprint density at radius 1 is 0.522 bits per heavy atom. The summed E-state index contributed by atoms with van der Waals surface area (Å²) >= 11 is 5.52. The number of para-hydroxylation sites is 2. The molecule has 0 radical (unpaired) electrons. The van der Waals surface area contributed by atoms with Gasteiger partial charge in [-0.2, -0.15) is 0 Å². The Kier molecular flexibility index (Phi) is 9.60. The highest BCUT2D eigenvalue weighted by molar-refractivity contribution is 7.26. The molecule has 0 saturated heterocycles. The van der Waals surface area contributed by atoms with Gasteiger partial charge in [-0.05, 0) is 115 Å². The number of nitrogens with zero attached hydrogens (tertiary/aromatic N) is 2. The standard InChI is InChI=1S/C61H42N2OS3/c1-3-15-45-51-37-43(30-33-58(51)65-55(45)4-2)63(42-19-12-18-41(36-42)62(40-16-6-5-7-17-40)52-24-13-22-47-44-20-8-10-26-54(44)64-60(47)52)53-25-14-23-48-50-35-39(29-32-59(50)67-61(48)53)38-28-31-57-49(34-38)46-21-9-11-27-56(46)66-57/h3-9,11-25,27-37H,2,10,26H2,1H3/b15-3-. The molecular weight excluding hydrogens is 873 g/mol. The first-order chi connectivity index (χ1) is 33.1. The van der Waals surface area contributed by atoms with Crippen LogP contribution >= 0.6 is 34.0 Å². The summed E-state index contributed by atoms with van der Waals surface area (Å²) in [5, 5.41) is 7.51. The van der Waals surface area contributed by atoms with Crippen molar-refractivity contribution in [2.45, 2.75) is 19.8 Å². The van der Waals surface area contributed by atoms with Crippen LogP contribution in [0.15, 0.2) is 193 Å². The molecule has 0 fully saturated rings. The minimum absolute atomic E-state index is 0.903. The Hall–Kier alpha value is -7.48. The molecule has 3 nitrogen and oxygen atoms in total. The van der Waals surface area contributed by atoms with Crippen molar-refractivity contribution in [2.24, 2.45) is 0 Å². The molecule has 0 amide bonds. The highest BCUT2D eigenvalue weighted by Crippen LogP contribution is 2.49. The summed E-state index contributed by atoms with van der Waals surface area (Å²) in [7, 11) is 0. The number of aryl methyl sites for hydroxylation is 1. The van der Waals surface area contributed by atoms with Gasteiger partial charge in [-0.3, -0.25) is 0 Å². The molecule has 12 aromatic rings. The van der Waals surface area contributed by atoms with Crippen molar-refractivity contribution in [1.82, 2.24) is 0 Å². The summed E-state index contributed by atoms with van der Waals surface area (Å²) in [4.78, 5) is 5.99. The molecule has 4 heterocycles. The maximum atomic E-state index is 6.78. The van der Waals surface area contributed by atoms with Gasteiger partial charge in [-0.1, -0.05) is 116 Å². The SMILES string of the molecule is C=Cc1sc2ccc(N(c3cccc(N(c4ccccc4)c4cccc5c6c(oc45)CCC=C6)c3)c3cccc4c3sc3ccc(-c5ccc6sc7ccccc7c6c5)cc34)cc2c1/C=C\C. The molecule has 0 unspecified atom stereocenters. The van der Waals surface area contributed by atoms with Crippen LogP contribution in [0.1, 0.15) is 35.1 Å². The van der Waals surface area contributed by atoms with Crippen LogP contribution in [-0.2, 0) is 6.42 Å². The fourth-order valence-corrected chi connectivity index (χ4v) is 13.4. The molecule has 6 heteroatoms. The van der Waals surface area contributed by atoms with Gasteiger partial charge in [0, 0.05) is 96.3 Å². The first kappa shape index (κ1) is 39.8. The number of allylic oxidation sites excluding steroid dienone is 2. The van der Waals surface area contributed by atoms with E-state index in [2.05, 4.69) is 217 Å². The molecule has 1 aliphatic rings. The summed E-state index contributed by atoms with van der Waals surface area (Å²) < 4.78 is 13.2. The lowest BCUT2D eigenvalue weighted by Crippen LogP contribution is -2.13. The van der Waals surface area contributed by atoms with Gasteiger partial charge in [-0.15, -0.1) is 34.0 Å². The Morgan fingerprint density at radius 3 is 1.96 bits per heavy atom. The van der Waals surface area contributed by atoms with Gasteiger partial charge in [0.2, 0.25) is 0 Å². The van der Waals surface area contributed by atoms with Gasteiger partial charge < -0.3 is 14.2 Å². The third-order valence-corrected chi connectivity index (χ3v) is 16.7. The molecule has 0 saturated carbocycles. The van der Waals surface area contributed by atoms with Crippen molar-refractivity contribution >= 4 is 148 Å². The van der Waals surface area contributed by atoms with Gasteiger partial charge in [0.1, 0.15) is 5.76 Å². The predicted molar refractivity (Wildman–Crippen MR) is 294 cm³/mol. The Balaban J connectivity index is 1.01. The molecule has 4 aromatic heterocycles. The summed E-state index contributed by atoms with van der Waals surface area (Å²) in [6, 6.07) is 62.7. The monoisotopic (exact) mass is 914 g/mol. The van der Waals surface area contributed by atoms with E-state index in [4.69, 9.17) is 4.42 Å². The number of hydrogen-bond acceptors (Lipinski definition) is 6. The molecule has 0 atom stereocenters. The maximum Gasteiger partial charge on any atom is 0.158 e. The largest absolute Gasteiger partial charge is 0.458 e. The van der Waals surface area contributed by atoms with Crippen LogP contribution in [0.25, 0.3) is 90.8 Å². The predicted octanol–water partition coefficient (Wildman–Crippen LogP) is 19.6. The van der Waals surface area contributed by atoms with Crippen LogP contribution in [0.5, 0.6) is 0 Å². The molecule has 8 aromatic carbocycles. The van der Waals surface area contributed by atoms with Crippen LogP contribution in [-0.4, -0.2) is 0 Å². The first-order valence-corrected chi connectivity index (χ1v) is 25.2. The zero-order chi connectivity index (χ0) is 44.6. The van der Waals surface area contributed by atoms with Crippen molar-refractivity contribution in [3.63, 3.8) is 0 Å². The second-order valence-electron chi connectivity index (χ2n) is 17.1. The van der Waals surface area contributed by atoms with Gasteiger partial charge in [-0.25, -0.2) is 0 Å². The van der Waals surface area contributed by atoms with Gasteiger partial charge in [0.05, 0.1) is 16.1 Å². The topological polar surface area (TPSA) is 19.6 Å². The zero-order valence-electron chi connectivity index (χ0n) is 36.7. The second-order valence-corrected chi connectivity index (χ2v) is 20.3. The van der Waals surface area contributed by atoms with E-state index in [-0.39, 0.29) is 0 Å². The molecule has 0 spiro atoms. The molecule has 1 aliphatic carbocycles. The minimum Gasteiger partial charge on any atom is -0.458 e. The molecule has 0 N–H and O–H groups in total. The summed E-state index contributed by atoms with van der Waals surface area (Å²) in [5.74, 6) is 1.05. The average molecular weight is 915 g/mol. The fourth-order valence-electron chi connectivity index (χ4n) is 10.1. The van der Waals surface area contributed by atoms with E-state index in [1.54, 1.807) is 11.3 Å². The fraction of sp³-hybridized carbons (Fsp3) is 0.0492. The van der Waals surface area contributed by atoms with E-state index >= 15 is 0 Å². The minimum atomic E-state index is 0.903. The maximum absolute atomic E-state index is 6.78. The highest BCUT2D eigenvalue weighted by atomic mass is 32.1. The number of rotatable bonds is 9. The summed E-state index contributed by atoms with van der Waals surface area (Å²) in [6.45, 7) is 6.28. The van der Waals surface area contributed by atoms with Crippen LogP contribution < -0.4 is 9.80 Å². The van der Waals surface area contributed by atoms with E-state index in [9.17, 15) is 0 Å².